The van der Waals surface area contributed by atoms with Crippen molar-refractivity contribution in [2.75, 3.05) is 12.9 Å². The van der Waals surface area contributed by atoms with Gasteiger partial charge < -0.3 is 9.47 Å². The summed E-state index contributed by atoms with van der Waals surface area (Å²) in [5.74, 6) is 0.488. The maximum Gasteiger partial charge on any atom is 0.316 e. The van der Waals surface area contributed by atoms with Gasteiger partial charge in [-0.05, 0) is 45.0 Å². The quantitative estimate of drug-likeness (QED) is 0.594. The number of rotatable bonds is 5. The number of aromatic nitrogens is 1. The topological polar surface area (TPSA) is 72.2 Å². The summed E-state index contributed by atoms with van der Waals surface area (Å²) in [6, 6.07) is 13.1. The lowest BCUT2D eigenvalue weighted by Gasteiger charge is -2.19. The van der Waals surface area contributed by atoms with E-state index >= 15 is 0 Å². The van der Waals surface area contributed by atoms with Crippen molar-refractivity contribution in [3.05, 3.63) is 42.0 Å². The molecule has 0 saturated carbocycles. The number of nitriles is 1. The number of methoxy groups -OCH3 is 1. The Balaban J connectivity index is 2.22. The number of thioether (sulfide) groups is 1. The molecule has 2 rings (SSSR count). The van der Waals surface area contributed by atoms with Crippen LogP contribution in [0.15, 0.2) is 41.4 Å². The SMILES string of the molecule is COc1cccc(-c2ccc(C#N)c(SCC(=O)OC(C)(C)C)n2)c1. The predicted octanol–water partition coefficient (Wildman–Crippen LogP) is 4.06. The molecule has 0 atom stereocenters. The third-order valence-electron chi connectivity index (χ3n) is 3.09. The van der Waals surface area contributed by atoms with Gasteiger partial charge in [-0.25, -0.2) is 4.98 Å². The number of pyridine rings is 1. The van der Waals surface area contributed by atoms with Crippen LogP contribution in [0, 0.1) is 11.3 Å². The van der Waals surface area contributed by atoms with Gasteiger partial charge in [0.1, 0.15) is 22.4 Å². The number of ether oxygens (including phenoxy) is 2. The molecule has 0 fully saturated rings. The van der Waals surface area contributed by atoms with E-state index in [2.05, 4.69) is 11.1 Å². The summed E-state index contributed by atoms with van der Waals surface area (Å²) in [4.78, 5) is 16.4. The van der Waals surface area contributed by atoms with Crippen LogP contribution in [0.4, 0.5) is 0 Å². The van der Waals surface area contributed by atoms with Gasteiger partial charge in [0.25, 0.3) is 0 Å². The Kier molecular flexibility index (Phi) is 6.05. The van der Waals surface area contributed by atoms with Crippen LogP contribution in [-0.2, 0) is 9.53 Å². The maximum absolute atomic E-state index is 11.9. The largest absolute Gasteiger partial charge is 0.497 e. The van der Waals surface area contributed by atoms with Gasteiger partial charge >= 0.3 is 5.97 Å². The number of hydrogen-bond donors (Lipinski definition) is 0. The summed E-state index contributed by atoms with van der Waals surface area (Å²) >= 11 is 1.20. The highest BCUT2D eigenvalue weighted by molar-refractivity contribution is 7.99. The highest BCUT2D eigenvalue weighted by atomic mass is 32.2. The number of carbonyl (C=O) groups excluding carboxylic acids is 1. The zero-order valence-electron chi connectivity index (χ0n) is 14.7. The second kappa shape index (κ2) is 8.04. The molecule has 0 amide bonds. The zero-order chi connectivity index (χ0) is 18.4. The Bertz CT molecular complexity index is 807. The number of benzene rings is 1. The lowest BCUT2D eigenvalue weighted by molar-refractivity contribution is -0.151. The summed E-state index contributed by atoms with van der Waals surface area (Å²) in [5, 5.41) is 9.78. The first-order chi connectivity index (χ1) is 11.8. The van der Waals surface area contributed by atoms with E-state index in [4.69, 9.17) is 9.47 Å². The van der Waals surface area contributed by atoms with Crippen LogP contribution in [0.2, 0.25) is 0 Å². The number of carbonyl (C=O) groups is 1. The third kappa shape index (κ3) is 5.50. The fourth-order valence-electron chi connectivity index (χ4n) is 2.08. The van der Waals surface area contributed by atoms with Crippen molar-refractivity contribution in [1.82, 2.24) is 4.98 Å². The molecule has 0 aliphatic carbocycles. The Morgan fingerprint density at radius 3 is 2.68 bits per heavy atom. The van der Waals surface area contributed by atoms with Crippen molar-refractivity contribution >= 4 is 17.7 Å². The molecule has 0 saturated heterocycles. The fraction of sp³-hybridized carbons (Fsp3) is 0.316. The van der Waals surface area contributed by atoms with Crippen LogP contribution in [0.3, 0.4) is 0 Å². The van der Waals surface area contributed by atoms with Gasteiger partial charge in [0.05, 0.1) is 24.1 Å². The van der Waals surface area contributed by atoms with Crippen LogP contribution < -0.4 is 4.74 Å². The van der Waals surface area contributed by atoms with E-state index in [1.54, 1.807) is 19.2 Å². The maximum atomic E-state index is 11.9. The molecular formula is C19H20N2O3S. The van der Waals surface area contributed by atoms with E-state index in [9.17, 15) is 10.1 Å². The Labute approximate surface area is 152 Å². The Hall–Kier alpha value is -2.52. The molecule has 1 aromatic carbocycles. The molecule has 0 bridgehead atoms. The average molecular weight is 356 g/mol. The molecule has 0 N–H and O–H groups in total. The molecule has 1 heterocycles. The Morgan fingerprint density at radius 2 is 2.04 bits per heavy atom. The molecule has 0 unspecified atom stereocenters. The summed E-state index contributed by atoms with van der Waals surface area (Å²) in [7, 11) is 1.60. The second-order valence-electron chi connectivity index (χ2n) is 6.27. The van der Waals surface area contributed by atoms with E-state index in [0.29, 0.717) is 16.3 Å². The molecule has 25 heavy (non-hydrogen) atoms. The highest BCUT2D eigenvalue weighted by Gasteiger charge is 2.17. The van der Waals surface area contributed by atoms with Crippen molar-refractivity contribution < 1.29 is 14.3 Å². The van der Waals surface area contributed by atoms with Crippen LogP contribution >= 0.6 is 11.8 Å². The standard InChI is InChI=1S/C19H20N2O3S/c1-19(2,3)24-17(22)12-25-18-14(11-20)8-9-16(21-18)13-6-5-7-15(10-13)23-4/h5-10H,12H2,1-4H3. The molecule has 0 radical (unpaired) electrons. The molecule has 6 heteroatoms. The number of hydrogen-bond acceptors (Lipinski definition) is 6. The van der Waals surface area contributed by atoms with Gasteiger partial charge in [0.15, 0.2) is 0 Å². The van der Waals surface area contributed by atoms with Gasteiger partial charge in [-0.2, -0.15) is 5.26 Å². The average Bonchev–Trinajstić information content (AvgIpc) is 2.58. The molecule has 0 spiro atoms. The van der Waals surface area contributed by atoms with Crippen molar-refractivity contribution in [3.63, 3.8) is 0 Å². The first kappa shape index (κ1) is 18.8. The van der Waals surface area contributed by atoms with E-state index in [1.807, 2.05) is 45.0 Å². The minimum Gasteiger partial charge on any atom is -0.497 e. The predicted molar refractivity (Wildman–Crippen MR) is 97.5 cm³/mol. The van der Waals surface area contributed by atoms with Gasteiger partial charge in [0.2, 0.25) is 0 Å². The molecular weight excluding hydrogens is 336 g/mol. The smallest absolute Gasteiger partial charge is 0.316 e. The summed E-state index contributed by atoms with van der Waals surface area (Å²) < 4.78 is 10.5. The third-order valence-corrected chi connectivity index (χ3v) is 4.06. The molecule has 0 aliphatic rings. The molecule has 2 aromatic rings. The summed E-state index contributed by atoms with van der Waals surface area (Å²) in [5.41, 5.74) is 1.48. The van der Waals surface area contributed by atoms with E-state index in [1.165, 1.54) is 11.8 Å². The van der Waals surface area contributed by atoms with Crippen LogP contribution in [0.1, 0.15) is 26.3 Å². The first-order valence-electron chi connectivity index (χ1n) is 7.72. The Morgan fingerprint density at radius 1 is 1.28 bits per heavy atom. The number of nitrogens with zero attached hydrogens (tertiary/aromatic N) is 2. The van der Waals surface area contributed by atoms with Crippen LogP contribution in [-0.4, -0.2) is 29.4 Å². The van der Waals surface area contributed by atoms with Crippen molar-refractivity contribution in [1.29, 1.82) is 5.26 Å². The van der Waals surface area contributed by atoms with Crippen molar-refractivity contribution in [2.45, 2.75) is 31.4 Å². The van der Waals surface area contributed by atoms with Gasteiger partial charge in [0, 0.05) is 5.56 Å². The monoisotopic (exact) mass is 356 g/mol. The van der Waals surface area contributed by atoms with E-state index in [0.717, 1.165) is 11.3 Å². The van der Waals surface area contributed by atoms with Crippen molar-refractivity contribution in [3.8, 4) is 23.1 Å². The lowest BCUT2D eigenvalue weighted by atomic mass is 10.1. The zero-order valence-corrected chi connectivity index (χ0v) is 15.5. The van der Waals surface area contributed by atoms with Crippen LogP contribution in [0.5, 0.6) is 5.75 Å². The van der Waals surface area contributed by atoms with Gasteiger partial charge in [-0.1, -0.05) is 23.9 Å². The second-order valence-corrected chi connectivity index (χ2v) is 7.23. The molecule has 5 nitrogen and oxygen atoms in total. The van der Waals surface area contributed by atoms with E-state index < -0.39 is 5.60 Å². The normalized spacial score (nSPS) is 10.8. The van der Waals surface area contributed by atoms with Crippen LogP contribution in [0.25, 0.3) is 11.3 Å². The fourth-order valence-corrected chi connectivity index (χ4v) is 2.82. The first-order valence-corrected chi connectivity index (χ1v) is 8.71. The van der Waals surface area contributed by atoms with Crippen molar-refractivity contribution in [2.24, 2.45) is 0 Å². The lowest BCUT2D eigenvalue weighted by Crippen LogP contribution is -2.24. The minimum absolute atomic E-state index is 0.0977. The summed E-state index contributed by atoms with van der Waals surface area (Å²) in [6.45, 7) is 5.45. The molecule has 0 aliphatic heterocycles. The van der Waals surface area contributed by atoms with E-state index in [-0.39, 0.29) is 11.7 Å². The summed E-state index contributed by atoms with van der Waals surface area (Å²) in [6.07, 6.45) is 0. The number of esters is 1. The highest BCUT2D eigenvalue weighted by Crippen LogP contribution is 2.27. The minimum atomic E-state index is -0.536. The molecule has 1 aromatic heterocycles. The molecule has 130 valence electrons. The van der Waals surface area contributed by atoms with Gasteiger partial charge in [-0.3, -0.25) is 4.79 Å². The van der Waals surface area contributed by atoms with Gasteiger partial charge in [-0.15, -0.1) is 0 Å².